The molecule has 1 fully saturated rings. The van der Waals surface area contributed by atoms with Gasteiger partial charge in [-0.1, -0.05) is 46.6 Å². The number of benzene rings is 1. The standard InChI is InChI=1S/C13H8Cl2FN5O2/c14-9-10(15)18-13(16)19-11(9)23-20-8-6-17-21(12(8)22)7-4-2-1-3-5-7/h1-5,17H,6H2. The summed E-state index contributed by atoms with van der Waals surface area (Å²) >= 11 is 11.4. The van der Waals surface area contributed by atoms with Gasteiger partial charge in [0.1, 0.15) is 5.02 Å². The van der Waals surface area contributed by atoms with Gasteiger partial charge in [0.05, 0.1) is 12.2 Å². The van der Waals surface area contributed by atoms with Crippen LogP contribution in [-0.2, 0) is 4.79 Å². The monoisotopic (exact) mass is 355 g/mol. The van der Waals surface area contributed by atoms with Crippen molar-refractivity contribution in [3.05, 3.63) is 46.6 Å². The first-order valence-corrected chi connectivity index (χ1v) is 7.07. The molecular formula is C13H8Cl2FN5O2. The molecule has 0 unspecified atom stereocenters. The fourth-order valence-corrected chi connectivity index (χ4v) is 2.09. The third-order valence-electron chi connectivity index (χ3n) is 2.86. The van der Waals surface area contributed by atoms with E-state index in [1.807, 2.05) is 6.07 Å². The SMILES string of the molecule is O=C1C(=NOc2nc(F)nc(Cl)c2Cl)CNN1c1ccccc1. The van der Waals surface area contributed by atoms with Gasteiger partial charge >= 0.3 is 6.08 Å². The summed E-state index contributed by atoms with van der Waals surface area (Å²) in [5.41, 5.74) is 3.57. The Morgan fingerprint density at radius 1 is 1.26 bits per heavy atom. The second-order valence-electron chi connectivity index (χ2n) is 4.34. The highest BCUT2D eigenvalue weighted by Gasteiger charge is 2.29. The summed E-state index contributed by atoms with van der Waals surface area (Å²) in [6.07, 6.45) is -1.11. The zero-order valence-corrected chi connectivity index (χ0v) is 12.8. The van der Waals surface area contributed by atoms with Crippen LogP contribution in [0, 0.1) is 6.08 Å². The molecule has 1 saturated heterocycles. The van der Waals surface area contributed by atoms with Crippen LogP contribution in [0.25, 0.3) is 0 Å². The number of aromatic nitrogens is 2. The molecule has 2 heterocycles. The van der Waals surface area contributed by atoms with E-state index in [-0.39, 0.29) is 28.3 Å². The van der Waals surface area contributed by atoms with Gasteiger partial charge in [0.25, 0.3) is 11.8 Å². The lowest BCUT2D eigenvalue weighted by molar-refractivity contribution is -0.112. The molecule has 1 aliphatic heterocycles. The molecule has 0 bridgehead atoms. The smallest absolute Gasteiger partial charge is 0.313 e. The van der Waals surface area contributed by atoms with Crippen LogP contribution in [0.5, 0.6) is 5.88 Å². The molecule has 1 N–H and O–H groups in total. The number of carbonyl (C=O) groups excluding carboxylic acids is 1. The molecule has 0 atom stereocenters. The van der Waals surface area contributed by atoms with E-state index in [4.69, 9.17) is 28.0 Å². The normalized spacial score (nSPS) is 16.2. The van der Waals surface area contributed by atoms with Crippen LogP contribution in [0.15, 0.2) is 35.5 Å². The minimum Gasteiger partial charge on any atom is -0.334 e. The molecular weight excluding hydrogens is 348 g/mol. The molecule has 0 radical (unpaired) electrons. The number of rotatable bonds is 3. The van der Waals surface area contributed by atoms with E-state index in [0.29, 0.717) is 5.69 Å². The lowest BCUT2D eigenvalue weighted by atomic mass is 10.3. The largest absolute Gasteiger partial charge is 0.334 e. The summed E-state index contributed by atoms with van der Waals surface area (Å²) in [5.74, 6) is -0.782. The molecule has 0 spiro atoms. The lowest BCUT2D eigenvalue weighted by Gasteiger charge is -2.14. The van der Waals surface area contributed by atoms with Crippen molar-refractivity contribution in [1.29, 1.82) is 0 Å². The van der Waals surface area contributed by atoms with Crippen molar-refractivity contribution in [2.75, 3.05) is 11.6 Å². The Labute approximate surface area is 139 Å². The molecule has 10 heteroatoms. The van der Waals surface area contributed by atoms with Crippen LogP contribution < -0.4 is 15.3 Å². The molecule has 1 amide bonds. The Morgan fingerprint density at radius 2 is 2.00 bits per heavy atom. The Balaban J connectivity index is 1.79. The Bertz CT molecular complexity index is 787. The summed E-state index contributed by atoms with van der Waals surface area (Å²) in [4.78, 5) is 23.7. The highest BCUT2D eigenvalue weighted by atomic mass is 35.5. The van der Waals surface area contributed by atoms with E-state index >= 15 is 0 Å². The second-order valence-corrected chi connectivity index (χ2v) is 5.08. The minimum atomic E-state index is -1.11. The number of carbonyl (C=O) groups is 1. The number of hydrogen-bond acceptors (Lipinski definition) is 6. The van der Waals surface area contributed by atoms with Crippen molar-refractivity contribution in [1.82, 2.24) is 15.4 Å². The summed E-state index contributed by atoms with van der Waals surface area (Å²) in [6, 6.07) is 8.93. The van der Waals surface area contributed by atoms with Gasteiger partial charge in [0, 0.05) is 0 Å². The number of nitrogens with zero attached hydrogens (tertiary/aromatic N) is 4. The van der Waals surface area contributed by atoms with Crippen LogP contribution in [-0.4, -0.2) is 28.1 Å². The van der Waals surface area contributed by atoms with Crippen molar-refractivity contribution in [2.45, 2.75) is 0 Å². The van der Waals surface area contributed by atoms with Gasteiger partial charge in [-0.3, -0.25) is 4.79 Å². The number of para-hydroxylation sites is 1. The maximum absolute atomic E-state index is 13.1. The minimum absolute atomic E-state index is 0.0695. The Hall–Kier alpha value is -2.29. The highest BCUT2D eigenvalue weighted by Crippen LogP contribution is 2.28. The van der Waals surface area contributed by atoms with E-state index in [0.717, 1.165) is 0 Å². The molecule has 3 rings (SSSR count). The summed E-state index contributed by atoms with van der Waals surface area (Å²) in [7, 11) is 0. The summed E-state index contributed by atoms with van der Waals surface area (Å²) in [6.45, 7) is 0.132. The predicted octanol–water partition coefficient (Wildman–Crippen LogP) is 2.21. The molecule has 2 aromatic rings. The quantitative estimate of drug-likeness (QED) is 0.518. The molecule has 1 aromatic heterocycles. The summed E-state index contributed by atoms with van der Waals surface area (Å²) in [5, 5.41) is 4.47. The first kappa shape index (κ1) is 15.6. The molecule has 118 valence electrons. The van der Waals surface area contributed by atoms with Crippen LogP contribution in [0.1, 0.15) is 0 Å². The maximum Gasteiger partial charge on any atom is 0.313 e. The lowest BCUT2D eigenvalue weighted by Crippen LogP contribution is -2.34. The van der Waals surface area contributed by atoms with E-state index in [1.54, 1.807) is 24.3 Å². The predicted molar refractivity (Wildman–Crippen MR) is 82.0 cm³/mol. The number of nitrogens with one attached hydrogen (secondary N) is 1. The van der Waals surface area contributed by atoms with Gasteiger partial charge in [-0.25, -0.2) is 10.4 Å². The van der Waals surface area contributed by atoms with Gasteiger partial charge in [-0.15, -0.1) is 0 Å². The second kappa shape index (κ2) is 6.45. The van der Waals surface area contributed by atoms with Crippen molar-refractivity contribution >= 4 is 40.5 Å². The van der Waals surface area contributed by atoms with E-state index in [2.05, 4.69) is 20.5 Å². The van der Waals surface area contributed by atoms with Crippen LogP contribution in [0.2, 0.25) is 10.2 Å². The number of hydrogen-bond donors (Lipinski definition) is 1. The number of oxime groups is 1. The third kappa shape index (κ3) is 3.24. The highest BCUT2D eigenvalue weighted by molar-refractivity contribution is 6.46. The topological polar surface area (TPSA) is 79.7 Å². The van der Waals surface area contributed by atoms with Gasteiger partial charge in [0.2, 0.25) is 0 Å². The Kier molecular flexibility index (Phi) is 4.37. The first-order valence-electron chi connectivity index (χ1n) is 6.31. The van der Waals surface area contributed by atoms with Gasteiger partial charge in [0.15, 0.2) is 10.9 Å². The molecule has 1 aromatic carbocycles. The number of halogens is 3. The fourth-order valence-electron chi connectivity index (χ4n) is 1.82. The number of anilines is 1. The number of amides is 1. The zero-order chi connectivity index (χ0) is 16.4. The molecule has 7 nitrogen and oxygen atoms in total. The number of hydrazine groups is 1. The molecule has 0 aliphatic carbocycles. The van der Waals surface area contributed by atoms with Crippen molar-refractivity contribution in [2.24, 2.45) is 5.16 Å². The van der Waals surface area contributed by atoms with E-state index < -0.39 is 12.0 Å². The summed E-state index contributed by atoms with van der Waals surface area (Å²) < 4.78 is 13.1. The zero-order valence-electron chi connectivity index (χ0n) is 11.3. The first-order chi connectivity index (χ1) is 11.1. The van der Waals surface area contributed by atoms with Gasteiger partial charge in [-0.05, 0) is 12.1 Å². The van der Waals surface area contributed by atoms with E-state index in [1.165, 1.54) is 5.01 Å². The maximum atomic E-state index is 13.1. The average molecular weight is 356 g/mol. The third-order valence-corrected chi connectivity index (χ3v) is 3.58. The van der Waals surface area contributed by atoms with Crippen LogP contribution >= 0.6 is 23.2 Å². The van der Waals surface area contributed by atoms with Crippen molar-refractivity contribution < 1.29 is 14.0 Å². The molecule has 1 aliphatic rings. The van der Waals surface area contributed by atoms with Crippen LogP contribution in [0.4, 0.5) is 10.1 Å². The van der Waals surface area contributed by atoms with Crippen molar-refractivity contribution in [3.63, 3.8) is 0 Å². The Morgan fingerprint density at radius 3 is 2.74 bits per heavy atom. The van der Waals surface area contributed by atoms with Gasteiger partial charge < -0.3 is 4.84 Å². The molecule has 0 saturated carbocycles. The van der Waals surface area contributed by atoms with Crippen LogP contribution in [0.3, 0.4) is 0 Å². The van der Waals surface area contributed by atoms with Crippen molar-refractivity contribution in [3.8, 4) is 5.88 Å². The van der Waals surface area contributed by atoms with E-state index in [9.17, 15) is 9.18 Å². The van der Waals surface area contributed by atoms with Gasteiger partial charge in [-0.2, -0.15) is 14.4 Å². The fraction of sp³-hybridized carbons (Fsp3) is 0.0769. The average Bonchev–Trinajstić information content (AvgIpc) is 2.91. The molecule has 23 heavy (non-hydrogen) atoms.